The van der Waals surface area contributed by atoms with Gasteiger partial charge < -0.3 is 24.8 Å². The molecule has 1 atom stereocenters. The Morgan fingerprint density at radius 3 is 2.69 bits per heavy atom. The number of fused-ring (bicyclic) bond motifs is 1. The summed E-state index contributed by atoms with van der Waals surface area (Å²) in [5.41, 5.74) is 1.19. The first kappa shape index (κ1) is 21.3. The van der Waals surface area contributed by atoms with Gasteiger partial charge in [0.2, 0.25) is 0 Å². The van der Waals surface area contributed by atoms with Gasteiger partial charge in [0.1, 0.15) is 11.4 Å². The van der Waals surface area contributed by atoms with Gasteiger partial charge in [0.15, 0.2) is 0 Å². The lowest BCUT2D eigenvalue weighted by Gasteiger charge is -2.34. The molecule has 29 heavy (non-hydrogen) atoms. The summed E-state index contributed by atoms with van der Waals surface area (Å²) in [5, 5.41) is 14.7. The predicted octanol–water partition coefficient (Wildman–Crippen LogP) is 3.27. The first-order valence-corrected chi connectivity index (χ1v) is 10.1. The second-order valence-electron chi connectivity index (χ2n) is 8.52. The van der Waals surface area contributed by atoms with Gasteiger partial charge in [-0.1, -0.05) is 0 Å². The van der Waals surface area contributed by atoms with E-state index in [1.54, 1.807) is 13.3 Å². The SMILES string of the molecule is COc1ccc2nccc([C@@H](O)CN3CCC(NC(=O)OC(C)(C)C)CC3)c2c1. The van der Waals surface area contributed by atoms with E-state index in [0.717, 1.165) is 48.1 Å². The fourth-order valence-electron chi connectivity index (χ4n) is 3.64. The van der Waals surface area contributed by atoms with Gasteiger partial charge in [-0.3, -0.25) is 4.98 Å². The number of aliphatic hydroxyl groups is 1. The van der Waals surface area contributed by atoms with Crippen LogP contribution in [0.15, 0.2) is 30.5 Å². The Hall–Kier alpha value is -2.38. The third kappa shape index (κ3) is 5.81. The van der Waals surface area contributed by atoms with Crippen molar-refractivity contribution in [1.82, 2.24) is 15.2 Å². The molecule has 7 heteroatoms. The predicted molar refractivity (Wildman–Crippen MR) is 112 cm³/mol. The Labute approximate surface area is 172 Å². The molecule has 0 spiro atoms. The van der Waals surface area contributed by atoms with E-state index in [-0.39, 0.29) is 12.1 Å². The van der Waals surface area contributed by atoms with Gasteiger partial charge in [-0.05, 0) is 63.4 Å². The van der Waals surface area contributed by atoms with E-state index in [4.69, 9.17) is 9.47 Å². The molecule has 2 heterocycles. The van der Waals surface area contributed by atoms with E-state index in [2.05, 4.69) is 15.2 Å². The number of hydrogen-bond acceptors (Lipinski definition) is 6. The van der Waals surface area contributed by atoms with Gasteiger partial charge in [0, 0.05) is 37.3 Å². The standard InChI is InChI=1S/C22H31N3O4/c1-22(2,3)29-21(27)24-15-8-11-25(12-9-15)14-20(26)17-7-10-23-19-6-5-16(28-4)13-18(17)19/h5-7,10,13,15,20,26H,8-9,11-12,14H2,1-4H3,(H,24,27)/t20-/m0/s1. The number of alkyl carbamates (subject to hydrolysis) is 1. The van der Waals surface area contributed by atoms with E-state index in [0.29, 0.717) is 6.54 Å². The molecular weight excluding hydrogens is 370 g/mol. The zero-order valence-electron chi connectivity index (χ0n) is 17.6. The molecule has 3 rings (SSSR count). The quantitative estimate of drug-likeness (QED) is 0.800. The maximum Gasteiger partial charge on any atom is 0.407 e. The number of benzene rings is 1. The number of piperidine rings is 1. The van der Waals surface area contributed by atoms with Crippen molar-refractivity contribution in [2.24, 2.45) is 0 Å². The van der Waals surface area contributed by atoms with Crippen LogP contribution in [0, 0.1) is 0 Å². The molecule has 1 aliphatic heterocycles. The number of aromatic nitrogens is 1. The fourth-order valence-corrected chi connectivity index (χ4v) is 3.64. The second kappa shape index (κ2) is 8.97. The van der Waals surface area contributed by atoms with E-state index in [1.165, 1.54) is 0 Å². The number of nitrogens with one attached hydrogen (secondary N) is 1. The smallest absolute Gasteiger partial charge is 0.407 e. The molecule has 1 saturated heterocycles. The van der Waals surface area contributed by atoms with E-state index in [9.17, 15) is 9.90 Å². The van der Waals surface area contributed by atoms with Crippen molar-refractivity contribution in [1.29, 1.82) is 0 Å². The van der Waals surface area contributed by atoms with Crippen LogP contribution in [-0.4, -0.2) is 59.5 Å². The lowest BCUT2D eigenvalue weighted by atomic mass is 10.0. The molecule has 158 valence electrons. The van der Waals surface area contributed by atoms with Crippen molar-refractivity contribution in [2.45, 2.75) is 51.4 Å². The number of amides is 1. The third-order valence-corrected chi connectivity index (χ3v) is 5.08. The molecule has 0 unspecified atom stereocenters. The van der Waals surface area contributed by atoms with Crippen molar-refractivity contribution in [3.8, 4) is 5.75 Å². The summed E-state index contributed by atoms with van der Waals surface area (Å²) in [5.74, 6) is 0.744. The molecule has 1 aromatic carbocycles. The van der Waals surface area contributed by atoms with Crippen LogP contribution in [0.5, 0.6) is 5.75 Å². The third-order valence-electron chi connectivity index (χ3n) is 5.08. The highest BCUT2D eigenvalue weighted by atomic mass is 16.6. The molecule has 1 fully saturated rings. The Morgan fingerprint density at radius 2 is 2.03 bits per heavy atom. The molecule has 0 bridgehead atoms. The van der Waals surface area contributed by atoms with Gasteiger partial charge >= 0.3 is 6.09 Å². The van der Waals surface area contributed by atoms with E-state index >= 15 is 0 Å². The van der Waals surface area contributed by atoms with Crippen LogP contribution in [0.25, 0.3) is 10.9 Å². The normalized spacial score (nSPS) is 17.1. The molecule has 1 amide bonds. The number of carbonyl (C=O) groups is 1. The minimum atomic E-state index is -0.622. The molecule has 0 radical (unpaired) electrons. The highest BCUT2D eigenvalue weighted by molar-refractivity contribution is 5.83. The average Bonchev–Trinajstić information content (AvgIpc) is 2.67. The highest BCUT2D eigenvalue weighted by Crippen LogP contribution is 2.27. The first-order valence-electron chi connectivity index (χ1n) is 10.1. The van der Waals surface area contributed by atoms with Crippen LogP contribution in [0.2, 0.25) is 0 Å². The molecule has 2 aromatic rings. The van der Waals surface area contributed by atoms with Crippen LogP contribution in [-0.2, 0) is 4.74 Å². The van der Waals surface area contributed by atoms with Gasteiger partial charge in [-0.15, -0.1) is 0 Å². The van der Waals surface area contributed by atoms with Crippen molar-refractivity contribution in [3.63, 3.8) is 0 Å². The van der Waals surface area contributed by atoms with Gasteiger partial charge in [0.05, 0.1) is 18.7 Å². The Bertz CT molecular complexity index is 842. The van der Waals surface area contributed by atoms with Crippen molar-refractivity contribution < 1.29 is 19.4 Å². The summed E-state index contributed by atoms with van der Waals surface area (Å²) in [7, 11) is 1.63. The zero-order chi connectivity index (χ0) is 21.0. The monoisotopic (exact) mass is 401 g/mol. The van der Waals surface area contributed by atoms with Gasteiger partial charge in [0.25, 0.3) is 0 Å². The minimum Gasteiger partial charge on any atom is -0.497 e. The molecule has 2 N–H and O–H groups in total. The topological polar surface area (TPSA) is 83.9 Å². The molecule has 0 aliphatic carbocycles. The minimum absolute atomic E-state index is 0.101. The summed E-state index contributed by atoms with van der Waals surface area (Å²) in [4.78, 5) is 18.5. The summed E-state index contributed by atoms with van der Waals surface area (Å²) in [6, 6.07) is 7.65. The van der Waals surface area contributed by atoms with E-state index in [1.807, 2.05) is 45.0 Å². The van der Waals surface area contributed by atoms with Crippen LogP contribution < -0.4 is 10.1 Å². The van der Waals surface area contributed by atoms with Gasteiger partial charge in [-0.25, -0.2) is 4.79 Å². The molecule has 1 aliphatic rings. The number of rotatable bonds is 5. The Kier molecular flexibility index (Phi) is 6.59. The molecule has 7 nitrogen and oxygen atoms in total. The van der Waals surface area contributed by atoms with Crippen LogP contribution in [0.3, 0.4) is 0 Å². The second-order valence-corrected chi connectivity index (χ2v) is 8.52. The number of likely N-dealkylation sites (tertiary alicyclic amines) is 1. The summed E-state index contributed by atoms with van der Waals surface area (Å²) in [6.45, 7) is 7.72. The summed E-state index contributed by atoms with van der Waals surface area (Å²) >= 11 is 0. The zero-order valence-corrected chi connectivity index (χ0v) is 17.6. The lowest BCUT2D eigenvalue weighted by Crippen LogP contribution is -2.46. The van der Waals surface area contributed by atoms with E-state index < -0.39 is 11.7 Å². The van der Waals surface area contributed by atoms with Crippen molar-refractivity contribution >= 4 is 17.0 Å². The summed E-state index contributed by atoms with van der Waals surface area (Å²) in [6.07, 6.45) is 2.40. The average molecular weight is 402 g/mol. The Balaban J connectivity index is 1.57. The lowest BCUT2D eigenvalue weighted by molar-refractivity contribution is 0.0459. The number of nitrogens with zero attached hydrogens (tertiary/aromatic N) is 2. The number of methoxy groups -OCH3 is 1. The molecule has 1 aromatic heterocycles. The summed E-state index contributed by atoms with van der Waals surface area (Å²) < 4.78 is 10.6. The van der Waals surface area contributed by atoms with Gasteiger partial charge in [-0.2, -0.15) is 0 Å². The number of hydrogen-bond donors (Lipinski definition) is 2. The Morgan fingerprint density at radius 1 is 1.31 bits per heavy atom. The van der Waals surface area contributed by atoms with Crippen LogP contribution in [0.1, 0.15) is 45.3 Å². The van der Waals surface area contributed by atoms with Crippen molar-refractivity contribution in [3.05, 3.63) is 36.0 Å². The number of β-amino-alcohol motifs (C(OH)–C–C–N with tert-alkyl or cyclic N) is 1. The number of carbonyl (C=O) groups excluding carboxylic acids is 1. The van der Waals surface area contributed by atoms with Crippen LogP contribution in [0.4, 0.5) is 4.79 Å². The maximum absolute atomic E-state index is 11.9. The largest absolute Gasteiger partial charge is 0.497 e. The number of ether oxygens (including phenoxy) is 2. The van der Waals surface area contributed by atoms with Crippen LogP contribution >= 0.6 is 0 Å². The maximum atomic E-state index is 11.9. The number of pyridine rings is 1. The highest BCUT2D eigenvalue weighted by Gasteiger charge is 2.25. The molecule has 0 saturated carbocycles. The first-order chi connectivity index (χ1) is 13.7. The molecular formula is C22H31N3O4. The van der Waals surface area contributed by atoms with Crippen molar-refractivity contribution in [2.75, 3.05) is 26.7 Å². The number of aliphatic hydroxyl groups excluding tert-OH is 1. The fraction of sp³-hybridized carbons (Fsp3) is 0.545.